The van der Waals surface area contributed by atoms with E-state index in [1.165, 1.54) is 6.07 Å². The van der Waals surface area contributed by atoms with Gasteiger partial charge in [-0.2, -0.15) is 0 Å². The molecule has 0 saturated carbocycles. The average Bonchev–Trinajstić information content (AvgIpc) is 2.53. The molecule has 1 amide bonds. The number of fused-ring (bicyclic) bond motifs is 1. The van der Waals surface area contributed by atoms with Crippen LogP contribution in [0.25, 0.3) is 11.0 Å². The van der Waals surface area contributed by atoms with Gasteiger partial charge in [0.05, 0.1) is 5.56 Å². The SMILES string of the molecule is CN(C(=O)c1ccccc1I)c1ccc2oc(=O)ccc2c1. The molecule has 0 aliphatic carbocycles. The molecule has 5 heteroatoms. The summed E-state index contributed by atoms with van der Waals surface area (Å²) in [7, 11) is 1.73. The zero-order chi connectivity index (χ0) is 15.7. The predicted molar refractivity (Wildman–Crippen MR) is 94.4 cm³/mol. The van der Waals surface area contributed by atoms with Crippen molar-refractivity contribution in [2.75, 3.05) is 11.9 Å². The van der Waals surface area contributed by atoms with E-state index >= 15 is 0 Å². The Labute approximate surface area is 140 Å². The maximum Gasteiger partial charge on any atom is 0.336 e. The Bertz CT molecular complexity index is 917. The highest BCUT2D eigenvalue weighted by Gasteiger charge is 2.16. The van der Waals surface area contributed by atoms with Crippen LogP contribution in [-0.4, -0.2) is 13.0 Å². The lowest BCUT2D eigenvalue weighted by Crippen LogP contribution is -2.26. The summed E-state index contributed by atoms with van der Waals surface area (Å²) in [5, 5.41) is 0.777. The van der Waals surface area contributed by atoms with Gasteiger partial charge in [0.25, 0.3) is 5.91 Å². The molecule has 4 nitrogen and oxygen atoms in total. The molecular formula is C17H12INO3. The van der Waals surface area contributed by atoms with Gasteiger partial charge in [0.15, 0.2) is 0 Å². The van der Waals surface area contributed by atoms with Crippen LogP contribution in [0, 0.1) is 3.57 Å². The minimum absolute atomic E-state index is 0.0817. The number of anilines is 1. The van der Waals surface area contributed by atoms with Gasteiger partial charge in [-0.1, -0.05) is 12.1 Å². The molecule has 0 fully saturated rings. The van der Waals surface area contributed by atoms with Crippen molar-refractivity contribution in [3.63, 3.8) is 0 Å². The highest BCUT2D eigenvalue weighted by Crippen LogP contribution is 2.23. The number of carbonyl (C=O) groups excluding carboxylic acids is 1. The molecule has 3 aromatic rings. The number of benzene rings is 2. The first kappa shape index (κ1) is 14.8. The van der Waals surface area contributed by atoms with Gasteiger partial charge in [-0.05, 0) is 59.0 Å². The first-order valence-electron chi connectivity index (χ1n) is 6.63. The van der Waals surface area contributed by atoms with Gasteiger partial charge in [-0.3, -0.25) is 4.79 Å². The summed E-state index contributed by atoms with van der Waals surface area (Å²) in [5.41, 5.74) is 1.52. The lowest BCUT2D eigenvalue weighted by Gasteiger charge is -2.18. The number of rotatable bonds is 2. The van der Waals surface area contributed by atoms with E-state index in [-0.39, 0.29) is 11.5 Å². The highest BCUT2D eigenvalue weighted by molar-refractivity contribution is 14.1. The van der Waals surface area contributed by atoms with Crippen molar-refractivity contribution in [3.05, 3.63) is 74.2 Å². The summed E-state index contributed by atoms with van der Waals surface area (Å²) in [4.78, 5) is 25.4. The zero-order valence-corrected chi connectivity index (χ0v) is 13.9. The molecule has 0 unspecified atom stereocenters. The fraction of sp³-hybridized carbons (Fsp3) is 0.0588. The lowest BCUT2D eigenvalue weighted by molar-refractivity contribution is 0.0992. The van der Waals surface area contributed by atoms with Crippen LogP contribution in [0.3, 0.4) is 0 Å². The van der Waals surface area contributed by atoms with Gasteiger partial charge in [-0.25, -0.2) is 4.79 Å². The van der Waals surface area contributed by atoms with Gasteiger partial charge in [0.1, 0.15) is 5.58 Å². The standard InChI is InChI=1S/C17H12INO3/c1-19(17(21)13-4-2-3-5-14(13)18)12-7-8-15-11(10-12)6-9-16(20)22-15/h2-10H,1H3. The van der Waals surface area contributed by atoms with Crippen LogP contribution in [0.1, 0.15) is 10.4 Å². The summed E-state index contributed by atoms with van der Waals surface area (Å²) >= 11 is 2.15. The Morgan fingerprint density at radius 3 is 2.64 bits per heavy atom. The third-order valence-corrected chi connectivity index (χ3v) is 4.34. The first-order chi connectivity index (χ1) is 10.6. The Morgan fingerprint density at radius 1 is 1.09 bits per heavy atom. The van der Waals surface area contributed by atoms with Crippen molar-refractivity contribution in [2.45, 2.75) is 0 Å². The molecule has 0 N–H and O–H groups in total. The monoisotopic (exact) mass is 405 g/mol. The number of halogens is 1. The molecule has 1 aromatic heterocycles. The summed E-state index contributed by atoms with van der Waals surface area (Å²) in [6.07, 6.45) is 0. The van der Waals surface area contributed by atoms with Crippen LogP contribution in [0.15, 0.2) is 63.8 Å². The molecule has 2 aromatic carbocycles. The quantitative estimate of drug-likeness (QED) is 0.483. The van der Waals surface area contributed by atoms with Crippen molar-refractivity contribution >= 4 is 45.2 Å². The lowest BCUT2D eigenvalue weighted by atomic mass is 10.1. The minimum Gasteiger partial charge on any atom is -0.423 e. The number of hydrogen-bond acceptors (Lipinski definition) is 3. The van der Waals surface area contributed by atoms with Crippen LogP contribution < -0.4 is 10.5 Å². The molecule has 0 saturated heterocycles. The van der Waals surface area contributed by atoms with Gasteiger partial charge in [-0.15, -0.1) is 0 Å². The predicted octanol–water partition coefficient (Wildman–Crippen LogP) is 3.67. The number of amides is 1. The summed E-state index contributed by atoms with van der Waals surface area (Å²) in [6, 6.07) is 15.8. The van der Waals surface area contributed by atoms with Gasteiger partial charge >= 0.3 is 5.63 Å². The van der Waals surface area contributed by atoms with E-state index in [0.717, 1.165) is 14.6 Å². The van der Waals surface area contributed by atoms with Crippen molar-refractivity contribution in [1.29, 1.82) is 0 Å². The number of hydrogen-bond donors (Lipinski definition) is 0. The second-order valence-corrected chi connectivity index (χ2v) is 5.98. The normalized spacial score (nSPS) is 10.6. The summed E-state index contributed by atoms with van der Waals surface area (Å²) in [6.45, 7) is 0. The number of nitrogens with zero attached hydrogens (tertiary/aromatic N) is 1. The van der Waals surface area contributed by atoms with Gasteiger partial charge in [0.2, 0.25) is 0 Å². The Morgan fingerprint density at radius 2 is 1.86 bits per heavy atom. The van der Waals surface area contributed by atoms with Crippen LogP contribution in [-0.2, 0) is 0 Å². The van der Waals surface area contributed by atoms with E-state index in [1.54, 1.807) is 36.2 Å². The molecule has 110 valence electrons. The number of carbonyl (C=O) groups is 1. The van der Waals surface area contributed by atoms with Crippen molar-refractivity contribution in [1.82, 2.24) is 0 Å². The van der Waals surface area contributed by atoms with E-state index in [0.29, 0.717) is 11.1 Å². The van der Waals surface area contributed by atoms with Crippen LogP contribution in [0.5, 0.6) is 0 Å². The largest absolute Gasteiger partial charge is 0.423 e. The molecule has 0 atom stereocenters. The summed E-state index contributed by atoms with van der Waals surface area (Å²) < 4.78 is 6.01. The van der Waals surface area contributed by atoms with Crippen LogP contribution in [0.4, 0.5) is 5.69 Å². The third-order valence-electron chi connectivity index (χ3n) is 3.40. The maximum atomic E-state index is 12.6. The van der Waals surface area contributed by atoms with Gasteiger partial charge < -0.3 is 9.32 Å². The van der Waals surface area contributed by atoms with E-state index in [2.05, 4.69) is 22.6 Å². The second-order valence-electron chi connectivity index (χ2n) is 4.82. The molecule has 0 bridgehead atoms. The maximum absolute atomic E-state index is 12.6. The van der Waals surface area contributed by atoms with E-state index in [9.17, 15) is 9.59 Å². The van der Waals surface area contributed by atoms with E-state index in [4.69, 9.17) is 4.42 Å². The topological polar surface area (TPSA) is 50.5 Å². The Kier molecular flexibility index (Phi) is 3.98. The van der Waals surface area contributed by atoms with Crippen molar-refractivity contribution in [3.8, 4) is 0 Å². The fourth-order valence-electron chi connectivity index (χ4n) is 2.20. The molecular weight excluding hydrogens is 393 g/mol. The van der Waals surface area contributed by atoms with Crippen LogP contribution >= 0.6 is 22.6 Å². The van der Waals surface area contributed by atoms with Gasteiger partial charge in [0, 0.05) is 27.8 Å². The summed E-state index contributed by atoms with van der Waals surface area (Å²) in [5.74, 6) is -0.0817. The Balaban J connectivity index is 2.00. The highest BCUT2D eigenvalue weighted by atomic mass is 127. The Hall–Kier alpha value is -2.15. The minimum atomic E-state index is -0.386. The van der Waals surface area contributed by atoms with Crippen molar-refractivity contribution < 1.29 is 9.21 Å². The zero-order valence-electron chi connectivity index (χ0n) is 11.7. The third kappa shape index (κ3) is 2.76. The molecule has 3 rings (SSSR count). The second kappa shape index (κ2) is 5.92. The molecule has 0 spiro atoms. The van der Waals surface area contributed by atoms with E-state index in [1.807, 2.05) is 24.3 Å². The van der Waals surface area contributed by atoms with Crippen molar-refractivity contribution in [2.24, 2.45) is 0 Å². The molecule has 0 aliphatic rings. The molecule has 0 radical (unpaired) electrons. The van der Waals surface area contributed by atoms with E-state index < -0.39 is 0 Å². The molecule has 22 heavy (non-hydrogen) atoms. The average molecular weight is 405 g/mol. The molecule has 1 heterocycles. The first-order valence-corrected chi connectivity index (χ1v) is 7.70. The fourth-order valence-corrected chi connectivity index (χ4v) is 2.82. The molecule has 0 aliphatic heterocycles. The smallest absolute Gasteiger partial charge is 0.336 e. The van der Waals surface area contributed by atoms with Crippen LogP contribution in [0.2, 0.25) is 0 Å².